The molecule has 1 aliphatic rings. The molecule has 42 heavy (non-hydrogen) atoms. The van der Waals surface area contributed by atoms with E-state index in [0.717, 1.165) is 17.1 Å². The second-order valence-electron chi connectivity index (χ2n) is 10.5. The lowest BCUT2D eigenvalue weighted by Crippen LogP contribution is -2.45. The number of carbonyl (C=O) groups excluding carboxylic acids is 2. The highest BCUT2D eigenvalue weighted by molar-refractivity contribution is 7.18. The van der Waals surface area contributed by atoms with Crippen LogP contribution in [0.2, 0.25) is 0 Å². The highest BCUT2D eigenvalue weighted by Crippen LogP contribution is 2.41. The zero-order chi connectivity index (χ0) is 31.2. The summed E-state index contributed by atoms with van der Waals surface area (Å²) in [4.78, 5) is 33.5. The van der Waals surface area contributed by atoms with Crippen LogP contribution in [0.15, 0.2) is 36.7 Å². The van der Waals surface area contributed by atoms with Crippen molar-refractivity contribution in [3.63, 3.8) is 0 Å². The average Bonchev–Trinajstić information content (AvgIpc) is 3.43. The lowest BCUT2D eigenvalue weighted by molar-refractivity contribution is -0.132. The number of hydrogen-bond donors (Lipinski definition) is 2. The van der Waals surface area contributed by atoms with E-state index in [0.29, 0.717) is 0 Å². The molecule has 0 radical (unpaired) electrons. The molecule has 226 valence electrons. The monoisotopic (exact) mass is 627 g/mol. The van der Waals surface area contributed by atoms with Crippen LogP contribution in [0, 0.1) is 17.7 Å². The summed E-state index contributed by atoms with van der Waals surface area (Å²) >= 11 is 0. The minimum Gasteiger partial charge on any atom is -0.481 e. The predicted molar refractivity (Wildman–Crippen MR) is 154 cm³/mol. The van der Waals surface area contributed by atoms with Crippen molar-refractivity contribution in [1.82, 2.24) is 24.8 Å². The highest BCUT2D eigenvalue weighted by atomic mass is 31.0. The molecule has 0 bridgehead atoms. The van der Waals surface area contributed by atoms with E-state index in [1.54, 1.807) is 6.92 Å². The molecule has 1 aliphatic heterocycles. The third kappa shape index (κ3) is 6.40. The second kappa shape index (κ2) is 11.5. The normalized spacial score (nSPS) is 20.3. The molecular weight excluding hydrogens is 596 g/mol. The lowest BCUT2D eigenvalue weighted by atomic mass is 9.97. The molecule has 2 aromatic heterocycles. The molecule has 10 nitrogen and oxygen atoms in total. The van der Waals surface area contributed by atoms with Crippen molar-refractivity contribution in [2.75, 3.05) is 11.9 Å². The van der Waals surface area contributed by atoms with Crippen molar-refractivity contribution in [3.05, 3.63) is 48.2 Å². The van der Waals surface area contributed by atoms with Crippen LogP contribution in [0.3, 0.4) is 0 Å². The van der Waals surface area contributed by atoms with Crippen molar-refractivity contribution in [3.8, 4) is 22.8 Å². The van der Waals surface area contributed by atoms with E-state index in [9.17, 15) is 27.2 Å². The third-order valence-corrected chi connectivity index (χ3v) is 8.12. The van der Waals surface area contributed by atoms with Gasteiger partial charge in [0.2, 0.25) is 11.8 Å². The Morgan fingerprint density at radius 2 is 1.86 bits per heavy atom. The number of nitrogens with zero attached hydrogens (tertiary/aromatic N) is 5. The zero-order valence-corrected chi connectivity index (χ0v) is 25.5. The summed E-state index contributed by atoms with van der Waals surface area (Å²) in [5, 5.41) is 6.14. The molecule has 1 aromatic carbocycles. The molecular formula is C26H31F4N7O3P2. The fourth-order valence-corrected chi connectivity index (χ4v) is 4.75. The van der Waals surface area contributed by atoms with Gasteiger partial charge in [-0.25, -0.2) is 24.3 Å². The van der Waals surface area contributed by atoms with Crippen LogP contribution in [0.4, 0.5) is 23.4 Å². The van der Waals surface area contributed by atoms with Crippen LogP contribution >= 0.6 is 18.5 Å². The maximum absolute atomic E-state index is 14.9. The number of benzene rings is 1. The van der Waals surface area contributed by atoms with E-state index in [2.05, 4.69) is 20.4 Å². The first-order valence-electron chi connectivity index (χ1n) is 12.9. The van der Waals surface area contributed by atoms with Gasteiger partial charge < -0.3 is 10.1 Å². The summed E-state index contributed by atoms with van der Waals surface area (Å²) in [7, 11) is 3.45. The Labute approximate surface area is 244 Å². The molecule has 0 aliphatic carbocycles. The van der Waals surface area contributed by atoms with E-state index in [1.165, 1.54) is 59.2 Å². The average molecular weight is 628 g/mol. The number of anilines is 1. The maximum Gasteiger partial charge on any atom is 0.297 e. The van der Waals surface area contributed by atoms with Gasteiger partial charge in [-0.05, 0) is 32.4 Å². The van der Waals surface area contributed by atoms with E-state index in [-0.39, 0.29) is 53.2 Å². The van der Waals surface area contributed by atoms with Crippen LogP contribution in [-0.2, 0) is 15.0 Å². The van der Waals surface area contributed by atoms with Crippen LogP contribution in [0.1, 0.15) is 39.8 Å². The summed E-state index contributed by atoms with van der Waals surface area (Å²) in [5.74, 6) is 2.48. The van der Waals surface area contributed by atoms with Gasteiger partial charge in [-0.1, -0.05) is 32.3 Å². The molecule has 3 N–H and O–H groups in total. The van der Waals surface area contributed by atoms with E-state index >= 15 is 0 Å². The Hall–Kier alpha value is -3.21. The Kier molecular flexibility index (Phi) is 8.66. The molecule has 0 saturated carbocycles. The van der Waals surface area contributed by atoms with E-state index in [4.69, 9.17) is 10.6 Å². The Morgan fingerprint density at radius 1 is 1.17 bits per heavy atom. The summed E-state index contributed by atoms with van der Waals surface area (Å²) in [6, 6.07) is 4.86. The molecule has 3 aromatic rings. The van der Waals surface area contributed by atoms with Crippen molar-refractivity contribution in [2.45, 2.75) is 50.8 Å². The summed E-state index contributed by atoms with van der Waals surface area (Å²) in [6.45, 7) is 5.60. The molecule has 1 fully saturated rings. The van der Waals surface area contributed by atoms with Crippen molar-refractivity contribution in [2.24, 2.45) is 17.7 Å². The van der Waals surface area contributed by atoms with E-state index in [1.807, 2.05) is 9.24 Å². The first kappa shape index (κ1) is 31.7. The standard InChI is InChI=1S/C26H31F4N7O3P2/c1-5-24(3,26(29,30)42)40-16-7-14(6-15(27)8-16)18-9-20(34-22(38)17-12-36(31)23(39)13(17)2)35-37(18)21-11-32-19(10-33-21)25(4,28)41/h6-11,13,17H,5,12,31,41-42H2,1-4H3,(H,34,35,38)/t13-,17+,24?,25?/m1/s1. The van der Waals surface area contributed by atoms with Gasteiger partial charge in [-0.3, -0.25) is 19.6 Å². The zero-order valence-electron chi connectivity index (χ0n) is 23.2. The number of rotatable bonds is 9. The number of hydrazine groups is 1. The van der Waals surface area contributed by atoms with Crippen LogP contribution < -0.4 is 15.9 Å². The van der Waals surface area contributed by atoms with Gasteiger partial charge in [0, 0.05) is 24.2 Å². The number of carbonyl (C=O) groups is 2. The highest BCUT2D eigenvalue weighted by Gasteiger charge is 2.47. The molecule has 3 heterocycles. The van der Waals surface area contributed by atoms with Crippen LogP contribution in [0.25, 0.3) is 17.1 Å². The van der Waals surface area contributed by atoms with Crippen LogP contribution in [0.5, 0.6) is 5.75 Å². The quantitative estimate of drug-likeness (QED) is 0.156. The number of amides is 2. The summed E-state index contributed by atoms with van der Waals surface area (Å²) in [5.41, 5.74) is -4.95. The van der Waals surface area contributed by atoms with Gasteiger partial charge in [0.1, 0.15) is 11.6 Å². The van der Waals surface area contributed by atoms with Crippen molar-refractivity contribution < 1.29 is 31.9 Å². The fourth-order valence-electron chi connectivity index (χ4n) is 4.33. The molecule has 4 unspecified atom stereocenters. The molecule has 0 spiro atoms. The Balaban J connectivity index is 1.77. The minimum atomic E-state index is -3.33. The number of hydrogen-bond acceptors (Lipinski definition) is 7. The molecule has 16 heteroatoms. The fraction of sp³-hybridized carbons (Fsp3) is 0.423. The number of nitrogens with one attached hydrogen (secondary N) is 1. The van der Waals surface area contributed by atoms with Gasteiger partial charge >= 0.3 is 0 Å². The van der Waals surface area contributed by atoms with Crippen LogP contribution in [-0.4, -0.2) is 54.4 Å². The molecule has 4 rings (SSSR count). The van der Waals surface area contributed by atoms with Gasteiger partial charge in [0.25, 0.3) is 5.66 Å². The minimum absolute atomic E-state index is 0.00447. The van der Waals surface area contributed by atoms with Gasteiger partial charge in [-0.15, -0.1) is 5.10 Å². The number of ether oxygens (including phenoxy) is 1. The number of nitrogens with two attached hydrogens (primary N) is 1. The van der Waals surface area contributed by atoms with E-state index < -0.39 is 40.2 Å². The predicted octanol–water partition coefficient (Wildman–Crippen LogP) is 4.41. The van der Waals surface area contributed by atoms with Gasteiger partial charge in [-0.2, -0.15) is 8.78 Å². The molecule has 6 atom stereocenters. The third-order valence-electron chi connectivity index (χ3n) is 7.21. The maximum atomic E-state index is 14.9. The topological polar surface area (TPSA) is 128 Å². The second-order valence-corrected chi connectivity index (χ2v) is 12.3. The molecule has 1 saturated heterocycles. The summed E-state index contributed by atoms with van der Waals surface area (Å²) in [6.07, 6.45) is 2.35. The van der Waals surface area contributed by atoms with Gasteiger partial charge in [0.15, 0.2) is 22.6 Å². The van der Waals surface area contributed by atoms with Crippen molar-refractivity contribution >= 4 is 36.1 Å². The van der Waals surface area contributed by atoms with Gasteiger partial charge in [0.05, 0.1) is 35.6 Å². The largest absolute Gasteiger partial charge is 0.481 e. The summed E-state index contributed by atoms with van der Waals surface area (Å²) < 4.78 is 64.7. The SMILES string of the molecule is CCC(C)(Oc1cc(F)cc(-c2cc(NC(=O)[C@H]3CN(N)C(=O)[C@@H]3C)nn2-c2cnc(C(C)(F)P)cn2)c1)C(F)(F)P. The smallest absolute Gasteiger partial charge is 0.297 e. The Bertz CT molecular complexity index is 1490. The number of alkyl halides is 3. The number of halogens is 4. The first-order chi connectivity index (χ1) is 19.4. The molecule has 2 amide bonds. The van der Waals surface area contributed by atoms with Crippen molar-refractivity contribution in [1.29, 1.82) is 0 Å². The number of aromatic nitrogens is 4. The lowest BCUT2D eigenvalue weighted by Gasteiger charge is -2.34. The first-order valence-corrected chi connectivity index (χ1v) is 14.0. The Morgan fingerprint density at radius 3 is 2.38 bits per heavy atom.